The average Bonchev–Trinajstić information content (AvgIpc) is 2.86. The Morgan fingerprint density at radius 3 is 2.33 bits per heavy atom. The number of hydrogen-bond acceptors (Lipinski definition) is 3. The predicted molar refractivity (Wildman–Crippen MR) is 78.9 cm³/mol. The fraction of sp³-hybridized carbons (Fsp3) is 0.400. The van der Waals surface area contributed by atoms with E-state index in [-0.39, 0.29) is 11.5 Å². The van der Waals surface area contributed by atoms with Crippen LogP contribution >= 0.6 is 11.3 Å². The van der Waals surface area contributed by atoms with E-state index < -0.39 is 17.5 Å². The fourth-order valence-corrected chi connectivity index (χ4v) is 3.16. The Labute approximate surface area is 126 Å². The summed E-state index contributed by atoms with van der Waals surface area (Å²) >= 11 is 1.37. The lowest BCUT2D eigenvalue weighted by Gasteiger charge is -2.04. The molecular weight excluding hydrogens is 297 g/mol. The summed E-state index contributed by atoms with van der Waals surface area (Å²) in [6, 6.07) is 1.97. The molecule has 0 saturated carbocycles. The lowest BCUT2D eigenvalue weighted by Crippen LogP contribution is -2.12. The van der Waals surface area contributed by atoms with Crippen molar-refractivity contribution in [1.82, 2.24) is 10.3 Å². The van der Waals surface area contributed by atoms with Gasteiger partial charge in [-0.05, 0) is 24.6 Å². The fourth-order valence-electron chi connectivity index (χ4n) is 1.98. The largest absolute Gasteiger partial charge is 0.312 e. The minimum atomic E-state index is -1.45. The zero-order valence-corrected chi connectivity index (χ0v) is 13.0. The van der Waals surface area contributed by atoms with E-state index in [0.717, 1.165) is 29.2 Å². The van der Waals surface area contributed by atoms with Crippen molar-refractivity contribution in [3.05, 3.63) is 40.2 Å². The lowest BCUT2D eigenvalue weighted by atomic mass is 10.1. The van der Waals surface area contributed by atoms with Crippen LogP contribution in [0.1, 0.15) is 37.3 Å². The summed E-state index contributed by atoms with van der Waals surface area (Å²) in [6.07, 6.45) is 0. The highest BCUT2D eigenvalue weighted by molar-refractivity contribution is 7.15. The second-order valence-electron chi connectivity index (χ2n) is 5.02. The standard InChI is InChI=1S/C15H17F3N2S/c1-4-19-7-12-14(8(2)3)20-15(21-12)9-5-10(16)13(18)11(17)6-9/h5-6,8,19H,4,7H2,1-3H3. The highest BCUT2D eigenvalue weighted by Gasteiger charge is 2.18. The van der Waals surface area contributed by atoms with Gasteiger partial charge in [-0.25, -0.2) is 18.2 Å². The van der Waals surface area contributed by atoms with Gasteiger partial charge in [-0.1, -0.05) is 20.8 Å². The highest BCUT2D eigenvalue weighted by Crippen LogP contribution is 2.33. The van der Waals surface area contributed by atoms with Crippen LogP contribution in [0.2, 0.25) is 0 Å². The summed E-state index contributed by atoms with van der Waals surface area (Å²) in [5, 5.41) is 3.72. The molecule has 6 heteroatoms. The van der Waals surface area contributed by atoms with E-state index in [1.165, 1.54) is 11.3 Å². The zero-order valence-electron chi connectivity index (χ0n) is 12.1. The van der Waals surface area contributed by atoms with Gasteiger partial charge in [-0.3, -0.25) is 0 Å². The van der Waals surface area contributed by atoms with Crippen molar-refractivity contribution in [3.8, 4) is 10.6 Å². The highest BCUT2D eigenvalue weighted by atomic mass is 32.1. The van der Waals surface area contributed by atoms with E-state index in [0.29, 0.717) is 11.6 Å². The van der Waals surface area contributed by atoms with Crippen molar-refractivity contribution in [1.29, 1.82) is 0 Å². The topological polar surface area (TPSA) is 24.9 Å². The number of nitrogens with one attached hydrogen (secondary N) is 1. The first-order chi connectivity index (χ1) is 9.93. The van der Waals surface area contributed by atoms with Crippen molar-refractivity contribution in [3.63, 3.8) is 0 Å². The van der Waals surface area contributed by atoms with E-state index in [2.05, 4.69) is 10.3 Å². The number of aromatic nitrogens is 1. The first-order valence-electron chi connectivity index (χ1n) is 6.79. The number of halogens is 3. The van der Waals surface area contributed by atoms with Crippen LogP contribution in [0.3, 0.4) is 0 Å². The number of rotatable bonds is 5. The Balaban J connectivity index is 2.44. The van der Waals surface area contributed by atoms with Crippen molar-refractivity contribution >= 4 is 11.3 Å². The smallest absolute Gasteiger partial charge is 0.194 e. The minimum Gasteiger partial charge on any atom is -0.312 e. The molecule has 0 aliphatic heterocycles. The van der Waals surface area contributed by atoms with E-state index in [1.54, 1.807) is 0 Å². The summed E-state index contributed by atoms with van der Waals surface area (Å²) in [5.74, 6) is -3.63. The molecule has 0 amide bonds. The van der Waals surface area contributed by atoms with Crippen LogP contribution < -0.4 is 5.32 Å². The number of hydrogen-bond donors (Lipinski definition) is 1. The predicted octanol–water partition coefficient (Wildman–Crippen LogP) is 4.46. The summed E-state index contributed by atoms with van der Waals surface area (Å²) < 4.78 is 39.7. The van der Waals surface area contributed by atoms with Crippen LogP contribution in [0.5, 0.6) is 0 Å². The third-order valence-electron chi connectivity index (χ3n) is 3.04. The van der Waals surface area contributed by atoms with Crippen molar-refractivity contribution in [2.75, 3.05) is 6.54 Å². The van der Waals surface area contributed by atoms with Crippen LogP contribution in [-0.2, 0) is 6.54 Å². The second-order valence-corrected chi connectivity index (χ2v) is 6.10. The van der Waals surface area contributed by atoms with Gasteiger partial charge in [-0.2, -0.15) is 0 Å². The van der Waals surface area contributed by atoms with Crippen LogP contribution in [-0.4, -0.2) is 11.5 Å². The van der Waals surface area contributed by atoms with E-state index >= 15 is 0 Å². The number of thiazole rings is 1. The van der Waals surface area contributed by atoms with Gasteiger partial charge < -0.3 is 5.32 Å². The molecule has 0 radical (unpaired) electrons. The molecule has 1 aromatic carbocycles. The molecular formula is C15H17F3N2S. The van der Waals surface area contributed by atoms with Gasteiger partial charge in [0.15, 0.2) is 17.5 Å². The zero-order chi connectivity index (χ0) is 15.6. The second kappa shape index (κ2) is 6.58. The first-order valence-corrected chi connectivity index (χ1v) is 7.60. The maximum atomic E-state index is 13.3. The lowest BCUT2D eigenvalue weighted by molar-refractivity contribution is 0.447. The molecule has 1 N–H and O–H groups in total. The van der Waals surface area contributed by atoms with Gasteiger partial charge in [0.25, 0.3) is 0 Å². The van der Waals surface area contributed by atoms with Crippen LogP contribution in [0, 0.1) is 17.5 Å². The first kappa shape index (κ1) is 16.0. The molecule has 21 heavy (non-hydrogen) atoms. The SMILES string of the molecule is CCNCc1sc(-c2cc(F)c(F)c(F)c2)nc1C(C)C. The molecule has 0 atom stereocenters. The number of benzene rings is 1. The van der Waals surface area contributed by atoms with E-state index in [1.807, 2.05) is 20.8 Å². The van der Waals surface area contributed by atoms with Gasteiger partial charge in [0.1, 0.15) is 5.01 Å². The Morgan fingerprint density at radius 1 is 1.19 bits per heavy atom. The molecule has 2 rings (SSSR count). The van der Waals surface area contributed by atoms with Gasteiger partial charge in [0.2, 0.25) is 0 Å². The molecule has 0 fully saturated rings. The van der Waals surface area contributed by atoms with Gasteiger partial charge >= 0.3 is 0 Å². The van der Waals surface area contributed by atoms with Crippen LogP contribution in [0.4, 0.5) is 13.2 Å². The Hall–Kier alpha value is -1.40. The molecule has 0 bridgehead atoms. The normalized spacial score (nSPS) is 11.4. The maximum Gasteiger partial charge on any atom is 0.194 e. The molecule has 0 unspecified atom stereocenters. The molecule has 0 aliphatic carbocycles. The van der Waals surface area contributed by atoms with Crippen molar-refractivity contribution in [2.24, 2.45) is 0 Å². The monoisotopic (exact) mass is 314 g/mol. The van der Waals surface area contributed by atoms with E-state index in [4.69, 9.17) is 0 Å². The third kappa shape index (κ3) is 3.44. The third-order valence-corrected chi connectivity index (χ3v) is 4.16. The van der Waals surface area contributed by atoms with Crippen molar-refractivity contribution in [2.45, 2.75) is 33.2 Å². The quantitative estimate of drug-likeness (QED) is 0.824. The summed E-state index contributed by atoms with van der Waals surface area (Å²) in [5.41, 5.74) is 1.17. The maximum absolute atomic E-state index is 13.3. The molecule has 114 valence electrons. The Kier molecular flexibility index (Phi) is 5.00. The summed E-state index contributed by atoms with van der Waals surface area (Å²) in [7, 11) is 0. The van der Waals surface area contributed by atoms with Gasteiger partial charge in [0.05, 0.1) is 5.69 Å². The van der Waals surface area contributed by atoms with Crippen molar-refractivity contribution < 1.29 is 13.2 Å². The molecule has 2 nitrogen and oxygen atoms in total. The Bertz CT molecular complexity index is 615. The average molecular weight is 314 g/mol. The Morgan fingerprint density at radius 2 is 1.81 bits per heavy atom. The van der Waals surface area contributed by atoms with Crippen LogP contribution in [0.15, 0.2) is 12.1 Å². The minimum absolute atomic E-state index is 0.207. The molecule has 1 aromatic heterocycles. The molecule has 1 heterocycles. The van der Waals surface area contributed by atoms with Crippen LogP contribution in [0.25, 0.3) is 10.6 Å². The van der Waals surface area contributed by atoms with Gasteiger partial charge in [0, 0.05) is 17.0 Å². The van der Waals surface area contributed by atoms with E-state index in [9.17, 15) is 13.2 Å². The summed E-state index contributed by atoms with van der Waals surface area (Å²) in [6.45, 7) is 7.51. The molecule has 0 saturated heterocycles. The molecule has 0 spiro atoms. The van der Waals surface area contributed by atoms with Gasteiger partial charge in [-0.15, -0.1) is 11.3 Å². The summed E-state index contributed by atoms with van der Waals surface area (Å²) in [4.78, 5) is 5.50. The molecule has 0 aliphatic rings. The molecule has 2 aromatic rings. The number of nitrogens with zero attached hydrogens (tertiary/aromatic N) is 1.